The van der Waals surface area contributed by atoms with Gasteiger partial charge in [0.25, 0.3) is 10.0 Å². The van der Waals surface area contributed by atoms with Crippen LogP contribution in [-0.2, 0) is 14.8 Å². The second-order valence-corrected chi connectivity index (χ2v) is 9.29. The van der Waals surface area contributed by atoms with Gasteiger partial charge >= 0.3 is 0 Å². The van der Waals surface area contributed by atoms with E-state index in [1.807, 2.05) is 37.3 Å². The van der Waals surface area contributed by atoms with Crippen LogP contribution in [0, 0.1) is 0 Å². The first-order valence-corrected chi connectivity index (χ1v) is 10.9. The normalized spacial score (nSPS) is 15.3. The van der Waals surface area contributed by atoms with Gasteiger partial charge in [-0.25, -0.2) is 12.7 Å². The smallest absolute Gasteiger partial charge is 0.265 e. The number of benzene rings is 2. The molecule has 0 aliphatic carbocycles. The summed E-state index contributed by atoms with van der Waals surface area (Å²) in [6.45, 7) is 4.23. The van der Waals surface area contributed by atoms with Crippen molar-refractivity contribution in [3.8, 4) is 0 Å². The number of aliphatic imine (C=N–C) groups is 1. The Morgan fingerprint density at radius 1 is 1.15 bits per heavy atom. The maximum Gasteiger partial charge on any atom is 0.265 e. The monoisotopic (exact) mass is 403 g/mol. The number of hydrogen-bond acceptors (Lipinski definition) is 5. The Morgan fingerprint density at radius 3 is 2.44 bits per heavy atom. The van der Waals surface area contributed by atoms with Gasteiger partial charge in [0, 0.05) is 17.9 Å². The van der Waals surface area contributed by atoms with Crippen molar-refractivity contribution in [3.63, 3.8) is 0 Å². The molecule has 0 fully saturated rings. The Balaban J connectivity index is 1.77. The molecular weight excluding hydrogens is 382 g/mol. The summed E-state index contributed by atoms with van der Waals surface area (Å²) in [7, 11) is -3.69. The lowest BCUT2D eigenvalue weighted by Crippen LogP contribution is -2.33. The fraction of sp³-hybridized carbons (Fsp3) is 0.263. The third kappa shape index (κ3) is 4.51. The van der Waals surface area contributed by atoms with Crippen molar-refractivity contribution in [2.45, 2.75) is 24.0 Å². The molecule has 27 heavy (non-hydrogen) atoms. The molecule has 1 atom stereocenters. The molecule has 0 spiro atoms. The quantitative estimate of drug-likeness (QED) is 0.829. The van der Waals surface area contributed by atoms with Crippen molar-refractivity contribution >= 4 is 38.5 Å². The molecule has 1 heterocycles. The lowest BCUT2D eigenvalue weighted by molar-refractivity contribution is -0.114. The number of carbonyl (C=O) groups excluding carboxylic acids is 1. The molecule has 1 aliphatic rings. The first-order valence-electron chi connectivity index (χ1n) is 8.54. The number of sulfonamides is 1. The number of anilines is 1. The highest BCUT2D eigenvalue weighted by Gasteiger charge is 2.32. The van der Waals surface area contributed by atoms with Gasteiger partial charge in [-0.05, 0) is 36.8 Å². The molecule has 8 heteroatoms. The average molecular weight is 404 g/mol. The van der Waals surface area contributed by atoms with Crippen molar-refractivity contribution < 1.29 is 13.2 Å². The summed E-state index contributed by atoms with van der Waals surface area (Å²) in [4.78, 5) is 15.7. The van der Waals surface area contributed by atoms with E-state index < -0.39 is 10.0 Å². The highest BCUT2D eigenvalue weighted by atomic mass is 32.2. The molecule has 1 amide bonds. The summed E-state index contributed by atoms with van der Waals surface area (Å²) in [5.41, 5.74) is 1.68. The van der Waals surface area contributed by atoms with Crippen LogP contribution in [0.2, 0.25) is 0 Å². The van der Waals surface area contributed by atoms with Crippen LogP contribution < -0.4 is 5.32 Å². The van der Waals surface area contributed by atoms with Crippen molar-refractivity contribution in [2.24, 2.45) is 4.99 Å². The van der Waals surface area contributed by atoms with E-state index in [0.717, 1.165) is 5.56 Å². The van der Waals surface area contributed by atoms with E-state index in [9.17, 15) is 13.2 Å². The van der Waals surface area contributed by atoms with Crippen molar-refractivity contribution in [3.05, 3.63) is 60.2 Å². The Bertz CT molecular complexity index is 942. The number of amides is 1. The minimum Gasteiger partial charge on any atom is -0.326 e. The summed E-state index contributed by atoms with van der Waals surface area (Å²) in [6.07, 6.45) is 0. The highest BCUT2D eigenvalue weighted by Crippen LogP contribution is 2.33. The second-order valence-electron chi connectivity index (χ2n) is 6.12. The topological polar surface area (TPSA) is 78.8 Å². The number of thioether (sulfide) groups is 1. The van der Waals surface area contributed by atoms with E-state index in [1.54, 1.807) is 12.1 Å². The van der Waals surface area contributed by atoms with E-state index in [4.69, 9.17) is 0 Å². The van der Waals surface area contributed by atoms with Crippen molar-refractivity contribution in [1.29, 1.82) is 0 Å². The van der Waals surface area contributed by atoms with Gasteiger partial charge in [0.1, 0.15) is 0 Å². The lowest BCUT2D eigenvalue weighted by atomic mass is 10.2. The second kappa shape index (κ2) is 8.14. The molecule has 1 aliphatic heterocycles. The molecule has 0 saturated carbocycles. The molecule has 0 aromatic heterocycles. The Morgan fingerprint density at radius 2 is 1.81 bits per heavy atom. The van der Waals surface area contributed by atoms with Crippen LogP contribution in [0.5, 0.6) is 0 Å². The predicted molar refractivity (Wildman–Crippen MR) is 109 cm³/mol. The average Bonchev–Trinajstić information content (AvgIpc) is 3.11. The van der Waals surface area contributed by atoms with Crippen LogP contribution in [0.15, 0.2) is 64.5 Å². The third-order valence-corrected chi connectivity index (χ3v) is 7.18. The van der Waals surface area contributed by atoms with E-state index in [0.29, 0.717) is 23.9 Å². The molecule has 6 nitrogen and oxygen atoms in total. The maximum atomic E-state index is 13.0. The molecular formula is C19H21N3O3S2. The Hall–Kier alpha value is -2.32. The van der Waals surface area contributed by atoms with Gasteiger partial charge in [-0.1, -0.05) is 42.1 Å². The van der Waals surface area contributed by atoms with Crippen LogP contribution >= 0.6 is 11.8 Å². The molecule has 0 radical (unpaired) electrons. The number of hydrogen-bond donors (Lipinski definition) is 1. The van der Waals surface area contributed by atoms with Gasteiger partial charge in [0.15, 0.2) is 5.17 Å². The van der Waals surface area contributed by atoms with Crippen LogP contribution in [0.3, 0.4) is 0 Å². The van der Waals surface area contributed by atoms with Crippen LogP contribution in [0.4, 0.5) is 5.69 Å². The molecule has 0 saturated heterocycles. The summed E-state index contributed by atoms with van der Waals surface area (Å²) in [6, 6.07) is 16.1. The van der Waals surface area contributed by atoms with E-state index in [1.165, 1.54) is 35.1 Å². The molecule has 2 aromatic carbocycles. The fourth-order valence-electron chi connectivity index (χ4n) is 2.72. The van der Waals surface area contributed by atoms with Crippen LogP contribution in [0.1, 0.15) is 24.7 Å². The zero-order valence-corrected chi connectivity index (χ0v) is 16.8. The van der Waals surface area contributed by atoms with Gasteiger partial charge < -0.3 is 5.32 Å². The van der Waals surface area contributed by atoms with Gasteiger partial charge in [-0.2, -0.15) is 0 Å². The van der Waals surface area contributed by atoms with Crippen molar-refractivity contribution in [2.75, 3.05) is 18.4 Å². The number of nitrogens with one attached hydrogen (secondary N) is 1. The molecule has 3 rings (SSSR count). The summed E-state index contributed by atoms with van der Waals surface area (Å²) in [5.74, 6) is -0.203. The first kappa shape index (κ1) is 19.4. The summed E-state index contributed by atoms with van der Waals surface area (Å²) >= 11 is 1.44. The number of nitrogens with zero attached hydrogens (tertiary/aromatic N) is 2. The minimum absolute atomic E-state index is 0.0860. The zero-order chi connectivity index (χ0) is 19.4. The SMILES string of the molecule is CC(=O)Nc1ccc(S(=O)(=O)N2CCN=C2S[C@@H](C)c2ccccc2)cc1. The van der Waals surface area contributed by atoms with Crippen LogP contribution in [-0.4, -0.2) is 36.9 Å². The fourth-order valence-corrected chi connectivity index (χ4v) is 5.45. The van der Waals surface area contributed by atoms with Gasteiger partial charge in [-0.3, -0.25) is 9.79 Å². The van der Waals surface area contributed by atoms with E-state index >= 15 is 0 Å². The third-order valence-electron chi connectivity index (χ3n) is 4.08. The molecule has 2 aromatic rings. The van der Waals surface area contributed by atoms with E-state index in [-0.39, 0.29) is 16.1 Å². The van der Waals surface area contributed by atoms with Gasteiger partial charge in [-0.15, -0.1) is 0 Å². The van der Waals surface area contributed by atoms with Crippen LogP contribution in [0.25, 0.3) is 0 Å². The standard InChI is InChI=1S/C19H21N3O3S2/c1-14(16-6-4-3-5-7-16)26-19-20-12-13-22(19)27(24,25)18-10-8-17(9-11-18)21-15(2)23/h3-11,14H,12-13H2,1-2H3,(H,21,23)/t14-/m0/s1. The minimum atomic E-state index is -3.69. The van der Waals surface area contributed by atoms with Gasteiger partial charge in [0.2, 0.25) is 5.91 Å². The highest BCUT2D eigenvalue weighted by molar-refractivity contribution is 8.15. The largest absolute Gasteiger partial charge is 0.326 e. The number of amidine groups is 1. The molecule has 0 unspecified atom stereocenters. The van der Waals surface area contributed by atoms with Crippen molar-refractivity contribution in [1.82, 2.24) is 4.31 Å². The molecule has 142 valence electrons. The molecule has 1 N–H and O–H groups in total. The summed E-state index contributed by atoms with van der Waals surface area (Å²) in [5, 5.41) is 3.23. The lowest BCUT2D eigenvalue weighted by Gasteiger charge is -2.22. The Labute approximate surface area is 163 Å². The number of rotatable bonds is 5. The van der Waals surface area contributed by atoms with Gasteiger partial charge in [0.05, 0.1) is 18.0 Å². The first-order chi connectivity index (χ1) is 12.9. The predicted octanol–water partition coefficient (Wildman–Crippen LogP) is 3.50. The van der Waals surface area contributed by atoms with E-state index in [2.05, 4.69) is 10.3 Å². The number of carbonyl (C=O) groups is 1. The zero-order valence-electron chi connectivity index (χ0n) is 15.1. The maximum absolute atomic E-state index is 13.0. The molecule has 0 bridgehead atoms. The summed E-state index contributed by atoms with van der Waals surface area (Å²) < 4.78 is 27.4. The Kier molecular flexibility index (Phi) is 5.86.